The topological polar surface area (TPSA) is 40.6 Å². The van der Waals surface area contributed by atoms with E-state index in [0.29, 0.717) is 24.5 Å². The van der Waals surface area contributed by atoms with Crippen LogP contribution in [-0.4, -0.2) is 41.2 Å². The molecule has 122 valence electrons. The molecule has 0 N–H and O–H groups in total. The molecule has 0 saturated carbocycles. The van der Waals surface area contributed by atoms with Crippen LogP contribution in [0.25, 0.3) is 0 Å². The molecule has 1 aromatic carbocycles. The van der Waals surface area contributed by atoms with Crippen LogP contribution in [0.4, 0.5) is 0 Å². The fourth-order valence-electron chi connectivity index (χ4n) is 3.50. The monoisotopic (exact) mass is 332 g/mol. The minimum absolute atomic E-state index is 0.0494. The van der Waals surface area contributed by atoms with E-state index >= 15 is 0 Å². The first-order chi connectivity index (χ1) is 11.1. The molecule has 1 atom stereocenters. The first kappa shape index (κ1) is 16.1. The summed E-state index contributed by atoms with van der Waals surface area (Å²) < 4.78 is 0. The zero-order valence-electron chi connectivity index (χ0n) is 13.1. The molecule has 2 heterocycles. The van der Waals surface area contributed by atoms with Crippen molar-refractivity contribution in [2.24, 2.45) is 5.92 Å². The van der Waals surface area contributed by atoms with Gasteiger partial charge in [-0.3, -0.25) is 9.59 Å². The third kappa shape index (κ3) is 3.42. The Morgan fingerprint density at radius 3 is 2.83 bits per heavy atom. The van der Waals surface area contributed by atoms with Gasteiger partial charge in [0.1, 0.15) is 0 Å². The molecule has 3 rings (SSSR count). The minimum Gasteiger partial charge on any atom is -0.338 e. The fourth-order valence-corrected chi connectivity index (χ4v) is 3.70. The Bertz CT molecular complexity index is 625. The van der Waals surface area contributed by atoms with Gasteiger partial charge in [-0.15, -0.1) is 0 Å². The lowest BCUT2D eigenvalue weighted by Gasteiger charge is -2.39. The molecule has 2 fully saturated rings. The van der Waals surface area contributed by atoms with Crippen molar-refractivity contribution in [3.8, 4) is 0 Å². The number of benzene rings is 1. The van der Waals surface area contributed by atoms with Crippen molar-refractivity contribution in [3.63, 3.8) is 0 Å². The average Bonchev–Trinajstić information content (AvgIpc) is 2.99. The van der Waals surface area contributed by atoms with Crippen molar-refractivity contribution < 1.29 is 9.59 Å². The van der Waals surface area contributed by atoms with Gasteiger partial charge in [-0.05, 0) is 36.6 Å². The lowest BCUT2D eigenvalue weighted by Crippen LogP contribution is -2.51. The number of hydrogen-bond acceptors (Lipinski definition) is 2. The smallest absolute Gasteiger partial charge is 0.245 e. The summed E-state index contributed by atoms with van der Waals surface area (Å²) in [5.74, 6) is 0.405. The quantitative estimate of drug-likeness (QED) is 0.795. The van der Waals surface area contributed by atoms with Crippen LogP contribution in [0, 0.1) is 5.92 Å². The normalized spacial score (nSPS) is 21.2. The molecule has 0 spiro atoms. The maximum absolute atomic E-state index is 12.6. The second kappa shape index (κ2) is 6.75. The molecule has 0 bridgehead atoms. The molecular weight excluding hydrogens is 312 g/mol. The van der Waals surface area contributed by atoms with Crippen molar-refractivity contribution in [1.82, 2.24) is 9.80 Å². The number of likely N-dealkylation sites (tertiary alicyclic amines) is 2. The number of hydrogen-bond donors (Lipinski definition) is 0. The van der Waals surface area contributed by atoms with E-state index < -0.39 is 0 Å². The van der Waals surface area contributed by atoms with E-state index in [-0.39, 0.29) is 23.8 Å². The predicted molar refractivity (Wildman–Crippen MR) is 90.0 cm³/mol. The highest BCUT2D eigenvalue weighted by Crippen LogP contribution is 2.34. The molecule has 2 amide bonds. The summed E-state index contributed by atoms with van der Waals surface area (Å²) >= 11 is 6.08. The zero-order chi connectivity index (χ0) is 16.4. The standard InChI is InChI=1S/C18H21ClN2O2/c1-2-17(22)20-11-13(12-20)9-18(23)21-8-4-7-16(21)14-5-3-6-15(19)10-14/h2-3,5-6,10,13,16H,1,4,7-9,11-12H2. The van der Waals surface area contributed by atoms with Crippen molar-refractivity contribution in [1.29, 1.82) is 0 Å². The van der Waals surface area contributed by atoms with Crippen LogP contribution in [0.1, 0.15) is 30.9 Å². The second-order valence-electron chi connectivity index (χ2n) is 6.32. The fraction of sp³-hybridized carbons (Fsp3) is 0.444. The largest absolute Gasteiger partial charge is 0.338 e. The Morgan fingerprint density at radius 1 is 1.35 bits per heavy atom. The highest BCUT2D eigenvalue weighted by atomic mass is 35.5. The zero-order valence-corrected chi connectivity index (χ0v) is 13.8. The number of carbonyl (C=O) groups excluding carboxylic acids is 2. The van der Waals surface area contributed by atoms with Crippen LogP contribution in [-0.2, 0) is 9.59 Å². The van der Waals surface area contributed by atoms with Gasteiger partial charge in [-0.25, -0.2) is 0 Å². The summed E-state index contributed by atoms with van der Waals surface area (Å²) in [4.78, 5) is 27.8. The van der Waals surface area contributed by atoms with Crippen LogP contribution in [0.2, 0.25) is 5.02 Å². The summed E-state index contributed by atoms with van der Waals surface area (Å²) in [6.07, 6.45) is 3.85. The van der Waals surface area contributed by atoms with E-state index in [2.05, 4.69) is 6.58 Å². The Kier molecular flexibility index (Phi) is 4.71. The molecular formula is C18H21ClN2O2. The van der Waals surface area contributed by atoms with Gasteiger partial charge in [0.2, 0.25) is 11.8 Å². The van der Waals surface area contributed by atoms with Gasteiger partial charge < -0.3 is 9.80 Å². The molecule has 0 aliphatic carbocycles. The van der Waals surface area contributed by atoms with E-state index in [1.165, 1.54) is 6.08 Å². The Labute approximate surface area is 141 Å². The molecule has 23 heavy (non-hydrogen) atoms. The maximum atomic E-state index is 12.6. The van der Waals surface area contributed by atoms with Crippen LogP contribution in [0.3, 0.4) is 0 Å². The van der Waals surface area contributed by atoms with Gasteiger partial charge in [0.25, 0.3) is 0 Å². The van der Waals surface area contributed by atoms with Gasteiger partial charge in [0.15, 0.2) is 0 Å². The van der Waals surface area contributed by atoms with E-state index in [0.717, 1.165) is 24.9 Å². The predicted octanol–water partition coefficient (Wildman–Crippen LogP) is 3.04. The molecule has 2 aliphatic rings. The third-order valence-corrected chi connectivity index (χ3v) is 4.95. The van der Waals surface area contributed by atoms with Crippen LogP contribution in [0.5, 0.6) is 0 Å². The lowest BCUT2D eigenvalue weighted by molar-refractivity contribution is -0.139. The van der Waals surface area contributed by atoms with Crippen molar-refractivity contribution in [2.75, 3.05) is 19.6 Å². The lowest BCUT2D eigenvalue weighted by atomic mass is 9.95. The van der Waals surface area contributed by atoms with Gasteiger partial charge in [-0.2, -0.15) is 0 Å². The first-order valence-electron chi connectivity index (χ1n) is 8.04. The molecule has 2 aliphatic heterocycles. The molecule has 0 radical (unpaired) electrons. The molecule has 1 unspecified atom stereocenters. The van der Waals surface area contributed by atoms with E-state index in [1.54, 1.807) is 4.90 Å². The van der Waals surface area contributed by atoms with Gasteiger partial charge in [0, 0.05) is 37.0 Å². The number of amides is 2. The summed E-state index contributed by atoms with van der Waals surface area (Å²) in [5, 5.41) is 0.708. The average molecular weight is 333 g/mol. The third-order valence-electron chi connectivity index (χ3n) is 4.71. The minimum atomic E-state index is -0.0494. The molecule has 0 aromatic heterocycles. The first-order valence-corrected chi connectivity index (χ1v) is 8.42. The summed E-state index contributed by atoms with van der Waals surface area (Å²) in [7, 11) is 0. The van der Waals surface area contributed by atoms with E-state index in [4.69, 9.17) is 11.6 Å². The summed E-state index contributed by atoms with van der Waals surface area (Å²) in [5.41, 5.74) is 1.11. The van der Waals surface area contributed by atoms with Crippen molar-refractivity contribution in [2.45, 2.75) is 25.3 Å². The van der Waals surface area contributed by atoms with Gasteiger partial charge in [-0.1, -0.05) is 30.3 Å². The van der Waals surface area contributed by atoms with Gasteiger partial charge >= 0.3 is 0 Å². The molecule has 2 saturated heterocycles. The maximum Gasteiger partial charge on any atom is 0.245 e. The van der Waals surface area contributed by atoms with Crippen molar-refractivity contribution in [3.05, 3.63) is 47.5 Å². The number of rotatable bonds is 4. The SMILES string of the molecule is C=CC(=O)N1CC(CC(=O)N2CCCC2c2cccc(Cl)c2)C1. The van der Waals surface area contributed by atoms with E-state index in [1.807, 2.05) is 29.2 Å². The summed E-state index contributed by atoms with van der Waals surface area (Å²) in [6, 6.07) is 7.91. The molecule has 4 nitrogen and oxygen atoms in total. The highest BCUT2D eigenvalue weighted by molar-refractivity contribution is 6.30. The summed E-state index contributed by atoms with van der Waals surface area (Å²) in [6.45, 7) is 5.61. The number of halogens is 1. The highest BCUT2D eigenvalue weighted by Gasteiger charge is 2.35. The Morgan fingerprint density at radius 2 is 2.13 bits per heavy atom. The molecule has 1 aromatic rings. The van der Waals surface area contributed by atoms with Crippen molar-refractivity contribution >= 4 is 23.4 Å². The Balaban J connectivity index is 1.59. The van der Waals surface area contributed by atoms with Crippen LogP contribution in [0.15, 0.2) is 36.9 Å². The van der Waals surface area contributed by atoms with E-state index in [9.17, 15) is 9.59 Å². The number of nitrogens with zero attached hydrogens (tertiary/aromatic N) is 2. The van der Waals surface area contributed by atoms with Gasteiger partial charge in [0.05, 0.1) is 6.04 Å². The number of carbonyl (C=O) groups is 2. The van der Waals surface area contributed by atoms with Crippen LogP contribution >= 0.6 is 11.6 Å². The van der Waals surface area contributed by atoms with Crippen LogP contribution < -0.4 is 0 Å². The Hall–Kier alpha value is -1.81. The second-order valence-corrected chi connectivity index (χ2v) is 6.75. The molecule has 5 heteroatoms.